The van der Waals surface area contributed by atoms with Gasteiger partial charge in [-0.05, 0) is 32.0 Å². The molecule has 0 amide bonds. The molecule has 6 heteroatoms. The number of benzene rings is 1. The molecule has 0 fully saturated rings. The van der Waals surface area contributed by atoms with Crippen molar-refractivity contribution < 1.29 is 13.7 Å². The van der Waals surface area contributed by atoms with E-state index in [0.717, 1.165) is 0 Å². The van der Waals surface area contributed by atoms with Gasteiger partial charge in [0.15, 0.2) is 0 Å². The van der Waals surface area contributed by atoms with Crippen molar-refractivity contribution in [3.8, 4) is 0 Å². The second-order valence-corrected chi connectivity index (χ2v) is 6.01. The van der Waals surface area contributed by atoms with E-state index in [9.17, 15) is 9.00 Å². The third-order valence-electron chi connectivity index (χ3n) is 2.71. The number of carbonyl (C=O) groups excluding carboxylic acids is 1. The van der Waals surface area contributed by atoms with Gasteiger partial charge in [-0.15, -0.1) is 0 Å². The van der Waals surface area contributed by atoms with E-state index in [4.69, 9.17) is 10.5 Å². The summed E-state index contributed by atoms with van der Waals surface area (Å²) < 4.78 is 16.2. The Morgan fingerprint density at radius 1 is 1.53 bits per heavy atom. The molecule has 19 heavy (non-hydrogen) atoms. The maximum atomic E-state index is 11.6. The Morgan fingerprint density at radius 3 is 2.79 bits per heavy atom. The topological polar surface area (TPSA) is 81.4 Å². The first kappa shape index (κ1) is 15.5. The molecule has 0 aliphatic heterocycles. The molecule has 0 aliphatic carbocycles. The van der Waals surface area contributed by atoms with Crippen LogP contribution >= 0.6 is 0 Å². The lowest BCUT2D eigenvalue weighted by Gasteiger charge is -2.14. The van der Waals surface area contributed by atoms with E-state index in [1.165, 1.54) is 0 Å². The van der Waals surface area contributed by atoms with Crippen molar-refractivity contribution in [3.05, 3.63) is 23.8 Å². The molecule has 1 aromatic carbocycles. The number of nitrogens with two attached hydrogens (primary N) is 1. The van der Waals surface area contributed by atoms with Crippen molar-refractivity contribution >= 4 is 28.1 Å². The van der Waals surface area contributed by atoms with Crippen molar-refractivity contribution in [1.82, 2.24) is 0 Å². The monoisotopic (exact) mass is 284 g/mol. The first-order valence-electron chi connectivity index (χ1n) is 6.08. The summed E-state index contributed by atoms with van der Waals surface area (Å²) in [6.07, 6.45) is 1.66. The molecule has 0 aliphatic rings. The van der Waals surface area contributed by atoms with E-state index < -0.39 is 10.8 Å². The SMILES string of the molecule is CCOC(=O)c1ccc(N)c(NCC(C)S(C)=O)c1. The van der Waals surface area contributed by atoms with Gasteiger partial charge in [0.05, 0.1) is 23.5 Å². The fourth-order valence-electron chi connectivity index (χ4n) is 1.42. The highest BCUT2D eigenvalue weighted by molar-refractivity contribution is 7.84. The predicted octanol–water partition coefficient (Wildman–Crippen LogP) is 1.62. The van der Waals surface area contributed by atoms with Crippen molar-refractivity contribution in [2.45, 2.75) is 19.1 Å². The third kappa shape index (κ3) is 4.55. The number of carbonyl (C=O) groups is 1. The summed E-state index contributed by atoms with van der Waals surface area (Å²) in [5.41, 5.74) is 7.48. The Kier molecular flexibility index (Phi) is 5.82. The highest BCUT2D eigenvalue weighted by atomic mass is 32.2. The Morgan fingerprint density at radius 2 is 2.21 bits per heavy atom. The van der Waals surface area contributed by atoms with Crippen LogP contribution in [0.1, 0.15) is 24.2 Å². The summed E-state index contributed by atoms with van der Waals surface area (Å²) in [5, 5.41) is 3.11. The maximum absolute atomic E-state index is 11.6. The fraction of sp³-hybridized carbons (Fsp3) is 0.462. The molecule has 0 bridgehead atoms. The van der Waals surface area contributed by atoms with Gasteiger partial charge in [0, 0.05) is 28.9 Å². The molecule has 0 radical (unpaired) electrons. The molecule has 2 unspecified atom stereocenters. The van der Waals surface area contributed by atoms with Gasteiger partial charge in [0.2, 0.25) is 0 Å². The lowest BCUT2D eigenvalue weighted by atomic mass is 10.1. The summed E-state index contributed by atoms with van der Waals surface area (Å²) in [6.45, 7) is 4.50. The van der Waals surface area contributed by atoms with E-state index in [-0.39, 0.29) is 11.2 Å². The zero-order chi connectivity index (χ0) is 14.4. The summed E-state index contributed by atoms with van der Waals surface area (Å²) in [6, 6.07) is 4.93. The molecular formula is C13H20N2O3S. The quantitative estimate of drug-likeness (QED) is 0.613. The molecule has 1 rings (SSSR count). The van der Waals surface area contributed by atoms with Crippen molar-refractivity contribution in [2.24, 2.45) is 0 Å². The van der Waals surface area contributed by atoms with Crippen LogP contribution < -0.4 is 11.1 Å². The van der Waals surface area contributed by atoms with Gasteiger partial charge < -0.3 is 15.8 Å². The first-order valence-corrected chi connectivity index (χ1v) is 7.70. The van der Waals surface area contributed by atoms with Crippen molar-refractivity contribution in [3.63, 3.8) is 0 Å². The molecule has 0 saturated heterocycles. The first-order chi connectivity index (χ1) is 8.95. The minimum absolute atomic E-state index is 0.00523. The third-order valence-corrected chi connectivity index (χ3v) is 4.01. The Balaban J connectivity index is 2.80. The lowest BCUT2D eigenvalue weighted by molar-refractivity contribution is 0.0526. The van der Waals surface area contributed by atoms with Crippen LogP contribution in [0, 0.1) is 0 Å². The highest BCUT2D eigenvalue weighted by Gasteiger charge is 2.11. The highest BCUT2D eigenvalue weighted by Crippen LogP contribution is 2.20. The Labute approximate surface area is 116 Å². The number of hydrogen-bond donors (Lipinski definition) is 2. The van der Waals surface area contributed by atoms with E-state index in [1.54, 1.807) is 31.4 Å². The minimum Gasteiger partial charge on any atom is -0.462 e. The van der Waals surface area contributed by atoms with Crippen LogP contribution in [0.5, 0.6) is 0 Å². The Hall–Kier alpha value is -1.56. The minimum atomic E-state index is -0.903. The Bertz CT molecular complexity index is 477. The van der Waals surface area contributed by atoms with Crippen LogP contribution in [0.4, 0.5) is 11.4 Å². The number of esters is 1. The van der Waals surface area contributed by atoms with Gasteiger partial charge in [0.25, 0.3) is 0 Å². The molecule has 106 valence electrons. The van der Waals surface area contributed by atoms with Gasteiger partial charge in [-0.1, -0.05) is 0 Å². The van der Waals surface area contributed by atoms with Gasteiger partial charge in [0.1, 0.15) is 0 Å². The molecule has 0 saturated carbocycles. The molecule has 0 spiro atoms. The number of anilines is 2. The average molecular weight is 284 g/mol. The van der Waals surface area contributed by atoms with E-state index in [1.807, 2.05) is 6.92 Å². The fourth-order valence-corrected chi connectivity index (χ4v) is 1.74. The van der Waals surface area contributed by atoms with Crippen molar-refractivity contribution in [2.75, 3.05) is 30.5 Å². The van der Waals surface area contributed by atoms with Crippen LogP contribution in [0.15, 0.2) is 18.2 Å². The largest absolute Gasteiger partial charge is 0.462 e. The molecule has 1 aromatic rings. The smallest absolute Gasteiger partial charge is 0.338 e. The number of nitrogens with one attached hydrogen (secondary N) is 1. The van der Waals surface area contributed by atoms with Crippen LogP contribution in [0.3, 0.4) is 0 Å². The average Bonchev–Trinajstić information content (AvgIpc) is 2.37. The van der Waals surface area contributed by atoms with E-state index in [0.29, 0.717) is 30.1 Å². The van der Waals surface area contributed by atoms with Crippen molar-refractivity contribution in [1.29, 1.82) is 0 Å². The lowest BCUT2D eigenvalue weighted by Crippen LogP contribution is -2.21. The van der Waals surface area contributed by atoms with Crippen LogP contribution in [0.25, 0.3) is 0 Å². The van der Waals surface area contributed by atoms with E-state index >= 15 is 0 Å². The zero-order valence-corrected chi connectivity index (χ0v) is 12.3. The number of rotatable bonds is 6. The summed E-state index contributed by atoms with van der Waals surface area (Å²) in [5.74, 6) is -0.377. The number of hydrogen-bond acceptors (Lipinski definition) is 5. The molecule has 5 nitrogen and oxygen atoms in total. The molecule has 0 heterocycles. The number of nitrogen functional groups attached to an aromatic ring is 1. The van der Waals surface area contributed by atoms with Crippen LogP contribution in [0.2, 0.25) is 0 Å². The molecular weight excluding hydrogens is 264 g/mol. The maximum Gasteiger partial charge on any atom is 0.338 e. The summed E-state index contributed by atoms with van der Waals surface area (Å²) >= 11 is 0. The standard InChI is InChI=1S/C13H20N2O3S/c1-4-18-13(16)10-5-6-11(14)12(7-10)15-8-9(2)19(3)17/h5-7,9,15H,4,8,14H2,1-3H3. The second-order valence-electron chi connectivity index (χ2n) is 4.21. The number of ether oxygens (including phenoxy) is 1. The van der Waals surface area contributed by atoms with Gasteiger partial charge >= 0.3 is 5.97 Å². The van der Waals surface area contributed by atoms with E-state index in [2.05, 4.69) is 5.32 Å². The van der Waals surface area contributed by atoms with Gasteiger partial charge in [-0.2, -0.15) is 0 Å². The molecule has 0 aromatic heterocycles. The normalized spacial score (nSPS) is 13.6. The van der Waals surface area contributed by atoms with Crippen LogP contribution in [-0.4, -0.2) is 34.8 Å². The summed E-state index contributed by atoms with van der Waals surface area (Å²) in [4.78, 5) is 11.6. The summed E-state index contributed by atoms with van der Waals surface area (Å²) in [7, 11) is -0.903. The zero-order valence-electron chi connectivity index (χ0n) is 11.4. The molecule has 3 N–H and O–H groups in total. The van der Waals surface area contributed by atoms with Gasteiger partial charge in [-0.3, -0.25) is 4.21 Å². The van der Waals surface area contributed by atoms with Crippen LogP contribution in [-0.2, 0) is 15.5 Å². The predicted molar refractivity (Wildman–Crippen MR) is 78.8 cm³/mol. The molecule has 2 atom stereocenters. The second kappa shape index (κ2) is 7.13. The van der Waals surface area contributed by atoms with Gasteiger partial charge in [-0.25, -0.2) is 4.79 Å².